The van der Waals surface area contributed by atoms with Crippen LogP contribution in [-0.4, -0.2) is 25.8 Å². The van der Waals surface area contributed by atoms with Crippen molar-refractivity contribution in [3.8, 4) is 11.8 Å². The van der Waals surface area contributed by atoms with Gasteiger partial charge in [0, 0.05) is 13.0 Å². The van der Waals surface area contributed by atoms with Crippen molar-refractivity contribution in [3.05, 3.63) is 41.5 Å². The number of aryl methyl sites for hydroxylation is 1. The minimum Gasteiger partial charge on any atom is -0.207 e. The van der Waals surface area contributed by atoms with Crippen LogP contribution in [0.3, 0.4) is 0 Å². The molecule has 0 amide bonds. The van der Waals surface area contributed by atoms with E-state index >= 15 is 0 Å². The Balaban J connectivity index is 2.32. The molecule has 0 saturated carbocycles. The minimum atomic E-state index is -3.47. The summed E-state index contributed by atoms with van der Waals surface area (Å²) >= 11 is 0. The molecule has 1 aliphatic rings. The third kappa shape index (κ3) is 3.50. The fraction of sp³-hybridized carbons (Fsp3) is 0.375. The van der Waals surface area contributed by atoms with E-state index in [2.05, 4.69) is 11.8 Å². The summed E-state index contributed by atoms with van der Waals surface area (Å²) in [6.45, 7) is 4.59. The molecule has 0 N–H and O–H groups in total. The average Bonchev–Trinajstić information content (AvgIpc) is 2.51. The molecule has 0 aromatic heterocycles. The molecule has 0 unspecified atom stereocenters. The van der Waals surface area contributed by atoms with Crippen molar-refractivity contribution in [3.63, 3.8) is 0 Å². The Bertz CT molecular complexity index is 661. The third-order valence-electron chi connectivity index (χ3n) is 3.33. The summed E-state index contributed by atoms with van der Waals surface area (Å²) in [4.78, 5) is 0.329. The largest absolute Gasteiger partial charge is 0.244 e. The Morgan fingerprint density at radius 2 is 1.80 bits per heavy atom. The molecule has 0 fully saturated rings. The Hall–Kier alpha value is -1.57. The van der Waals surface area contributed by atoms with Crippen LogP contribution in [0.5, 0.6) is 0 Å². The lowest BCUT2D eigenvalue weighted by Crippen LogP contribution is -2.31. The first-order valence-corrected chi connectivity index (χ1v) is 8.12. The van der Waals surface area contributed by atoms with E-state index in [4.69, 9.17) is 0 Å². The number of benzene rings is 1. The lowest BCUT2D eigenvalue weighted by Gasteiger charge is -2.18. The summed E-state index contributed by atoms with van der Waals surface area (Å²) in [5.74, 6) is 5.97. The van der Waals surface area contributed by atoms with Gasteiger partial charge >= 0.3 is 0 Å². The molecule has 3 nitrogen and oxygen atoms in total. The highest BCUT2D eigenvalue weighted by Crippen LogP contribution is 2.17. The van der Waals surface area contributed by atoms with Gasteiger partial charge in [-0.2, -0.15) is 4.31 Å². The van der Waals surface area contributed by atoms with E-state index in [0.29, 0.717) is 11.4 Å². The monoisotopic (exact) mass is 289 g/mol. The molecule has 106 valence electrons. The minimum absolute atomic E-state index is 0.250. The lowest BCUT2D eigenvalue weighted by atomic mass is 10.1. The Morgan fingerprint density at radius 3 is 2.50 bits per heavy atom. The van der Waals surface area contributed by atoms with Gasteiger partial charge in [0.05, 0.1) is 11.4 Å². The van der Waals surface area contributed by atoms with Gasteiger partial charge < -0.3 is 0 Å². The van der Waals surface area contributed by atoms with E-state index in [0.717, 1.165) is 18.4 Å². The van der Waals surface area contributed by atoms with Crippen LogP contribution >= 0.6 is 0 Å². The lowest BCUT2D eigenvalue weighted by molar-refractivity contribution is 0.477. The highest BCUT2D eigenvalue weighted by Gasteiger charge is 2.22. The van der Waals surface area contributed by atoms with E-state index in [9.17, 15) is 8.42 Å². The molecular formula is C16H19NO2S. The van der Waals surface area contributed by atoms with E-state index < -0.39 is 10.0 Å². The van der Waals surface area contributed by atoms with Crippen LogP contribution in [0.15, 0.2) is 40.8 Å². The Kier molecular flexibility index (Phi) is 4.64. The third-order valence-corrected chi connectivity index (χ3v) is 5.15. The van der Waals surface area contributed by atoms with Crippen molar-refractivity contribution in [2.24, 2.45) is 0 Å². The van der Waals surface area contributed by atoms with Gasteiger partial charge in [-0.25, -0.2) is 8.42 Å². The fourth-order valence-corrected chi connectivity index (χ4v) is 3.24. The first kappa shape index (κ1) is 14.8. The summed E-state index contributed by atoms with van der Waals surface area (Å²) in [5, 5.41) is 0. The van der Waals surface area contributed by atoms with Crippen LogP contribution in [0, 0.1) is 18.8 Å². The van der Waals surface area contributed by atoms with Crippen LogP contribution < -0.4 is 0 Å². The van der Waals surface area contributed by atoms with Crippen LogP contribution in [0.1, 0.15) is 25.3 Å². The summed E-state index contributed by atoms with van der Waals surface area (Å²) in [5.41, 5.74) is 2.23. The predicted octanol–water partition coefficient (Wildman–Crippen LogP) is 2.73. The van der Waals surface area contributed by atoms with Crippen molar-refractivity contribution in [1.82, 2.24) is 4.31 Å². The van der Waals surface area contributed by atoms with Crippen LogP contribution in [-0.2, 0) is 10.0 Å². The van der Waals surface area contributed by atoms with Crippen LogP contribution in [0.25, 0.3) is 0 Å². The maximum absolute atomic E-state index is 12.6. The number of hydrogen-bond acceptors (Lipinski definition) is 2. The van der Waals surface area contributed by atoms with Crippen molar-refractivity contribution >= 4 is 10.0 Å². The Labute approximate surface area is 121 Å². The van der Waals surface area contributed by atoms with Crippen LogP contribution in [0.2, 0.25) is 0 Å². The molecule has 20 heavy (non-hydrogen) atoms. The zero-order valence-electron chi connectivity index (χ0n) is 11.9. The molecule has 1 aromatic rings. The van der Waals surface area contributed by atoms with E-state index in [-0.39, 0.29) is 6.54 Å². The molecule has 0 spiro atoms. The van der Waals surface area contributed by atoms with E-state index in [1.165, 1.54) is 9.88 Å². The van der Waals surface area contributed by atoms with Gasteiger partial charge in [-0.05, 0) is 32.4 Å². The molecule has 1 aliphatic heterocycles. The number of hydrogen-bond donors (Lipinski definition) is 0. The molecule has 0 radical (unpaired) electrons. The fourth-order valence-electron chi connectivity index (χ4n) is 1.96. The maximum Gasteiger partial charge on any atom is 0.244 e. The zero-order chi connectivity index (χ0) is 14.6. The van der Waals surface area contributed by atoms with Crippen LogP contribution in [0.4, 0.5) is 0 Å². The van der Waals surface area contributed by atoms with Gasteiger partial charge in [0.1, 0.15) is 0 Å². The molecule has 1 heterocycles. The second-order valence-electron chi connectivity index (χ2n) is 5.01. The quantitative estimate of drug-likeness (QED) is 0.620. The highest BCUT2D eigenvalue weighted by atomic mass is 32.2. The molecule has 0 bridgehead atoms. The van der Waals surface area contributed by atoms with Gasteiger partial charge in [-0.1, -0.05) is 35.3 Å². The zero-order valence-corrected chi connectivity index (χ0v) is 12.7. The molecule has 0 aliphatic carbocycles. The normalized spacial score (nSPS) is 19.8. The van der Waals surface area contributed by atoms with Crippen molar-refractivity contribution in [1.29, 1.82) is 0 Å². The smallest absolute Gasteiger partial charge is 0.207 e. The van der Waals surface area contributed by atoms with Crippen molar-refractivity contribution in [2.45, 2.75) is 31.6 Å². The Morgan fingerprint density at radius 1 is 1.10 bits per heavy atom. The van der Waals surface area contributed by atoms with Gasteiger partial charge in [0.15, 0.2) is 0 Å². The SMILES string of the molecule is C/C1=C/CN(S(=O)(=O)c2ccc(C)cc2)CC#CCC1. The number of allylic oxidation sites excluding steroid dienone is 1. The highest BCUT2D eigenvalue weighted by molar-refractivity contribution is 7.89. The summed E-state index contributed by atoms with van der Waals surface area (Å²) in [7, 11) is -3.47. The first-order valence-electron chi connectivity index (χ1n) is 6.68. The molecular weight excluding hydrogens is 270 g/mol. The first-order chi connectivity index (χ1) is 9.50. The van der Waals surface area contributed by atoms with E-state index in [1.54, 1.807) is 12.1 Å². The van der Waals surface area contributed by atoms with Gasteiger partial charge in [-0.15, -0.1) is 5.92 Å². The molecule has 0 atom stereocenters. The summed E-state index contributed by atoms with van der Waals surface area (Å²) in [6.07, 6.45) is 3.67. The summed E-state index contributed by atoms with van der Waals surface area (Å²) in [6, 6.07) is 6.94. The number of sulfonamides is 1. The molecule has 0 saturated heterocycles. The van der Waals surface area contributed by atoms with Gasteiger partial charge in [0.2, 0.25) is 10.0 Å². The standard InChI is InChI=1S/C16H19NO2S/c1-14-6-4-3-5-12-17(13-11-14)20(18,19)16-9-7-15(2)8-10-16/h7-11H,4,6,12-13H2,1-2H3/b14-11-. The molecule has 1 aromatic carbocycles. The van der Waals surface area contributed by atoms with Gasteiger partial charge in [-0.3, -0.25) is 0 Å². The second-order valence-corrected chi connectivity index (χ2v) is 6.95. The maximum atomic E-state index is 12.6. The second kappa shape index (κ2) is 6.25. The van der Waals surface area contributed by atoms with Crippen molar-refractivity contribution in [2.75, 3.05) is 13.1 Å². The number of nitrogens with zero attached hydrogens (tertiary/aromatic N) is 1. The topological polar surface area (TPSA) is 37.4 Å². The molecule has 2 rings (SSSR count). The van der Waals surface area contributed by atoms with Crippen molar-refractivity contribution < 1.29 is 8.42 Å². The predicted molar refractivity (Wildman–Crippen MR) is 80.7 cm³/mol. The summed E-state index contributed by atoms with van der Waals surface area (Å²) < 4.78 is 26.7. The number of rotatable bonds is 2. The molecule has 4 heteroatoms. The average molecular weight is 289 g/mol. The van der Waals surface area contributed by atoms with Gasteiger partial charge in [0.25, 0.3) is 0 Å². The van der Waals surface area contributed by atoms with E-state index in [1.807, 2.05) is 32.1 Å².